The summed E-state index contributed by atoms with van der Waals surface area (Å²) in [6, 6.07) is 19.7. The van der Waals surface area contributed by atoms with E-state index < -0.39 is 23.9 Å². The fraction of sp³-hybridized carbons (Fsp3) is 0.320. The summed E-state index contributed by atoms with van der Waals surface area (Å²) in [6.07, 6.45) is 0.445. The van der Waals surface area contributed by atoms with Gasteiger partial charge in [-0.05, 0) is 11.1 Å². The summed E-state index contributed by atoms with van der Waals surface area (Å²) in [5.41, 5.74) is 14.4. The van der Waals surface area contributed by atoms with Gasteiger partial charge in [-0.25, -0.2) is 9.50 Å². The van der Waals surface area contributed by atoms with Gasteiger partial charge in [-0.15, -0.1) is 5.10 Å². The van der Waals surface area contributed by atoms with Crippen molar-refractivity contribution in [2.75, 3.05) is 18.1 Å². The predicted octanol–water partition coefficient (Wildman–Crippen LogP) is 2.27. The maximum atomic E-state index is 11.8. The fourth-order valence-corrected chi connectivity index (χ4v) is 4.42. The number of nitrogens with zero attached hydrogens (tertiary/aromatic N) is 4. The second kappa shape index (κ2) is 9.59. The third kappa shape index (κ3) is 4.56. The number of hydrogen-bond acceptors (Lipinski definition) is 9. The molecule has 2 aromatic carbocycles. The van der Waals surface area contributed by atoms with Crippen LogP contribution >= 0.6 is 0 Å². The average Bonchev–Trinajstić information content (AvgIpc) is 3.39. The molecule has 182 valence electrons. The number of ether oxygens (including phenoxy) is 3. The summed E-state index contributed by atoms with van der Waals surface area (Å²) < 4.78 is 19.9. The molecule has 5 rings (SSSR count). The number of aliphatic hydroxyl groups is 1. The van der Waals surface area contributed by atoms with Crippen LogP contribution in [-0.4, -0.2) is 43.5 Å². The Kier molecular flexibility index (Phi) is 6.35. The Labute approximate surface area is 202 Å². The summed E-state index contributed by atoms with van der Waals surface area (Å²) in [5, 5.41) is 16.0. The number of aromatic nitrogens is 4. The van der Waals surface area contributed by atoms with Crippen LogP contribution in [0.5, 0.6) is 0 Å². The molecule has 1 aliphatic heterocycles. The molecule has 0 bridgehead atoms. The van der Waals surface area contributed by atoms with Crippen molar-refractivity contribution in [3.05, 3.63) is 83.7 Å². The zero-order valence-corrected chi connectivity index (χ0v) is 19.3. The van der Waals surface area contributed by atoms with E-state index in [0.29, 0.717) is 18.9 Å². The molecule has 5 N–H and O–H groups in total. The van der Waals surface area contributed by atoms with E-state index in [1.165, 1.54) is 10.7 Å². The van der Waals surface area contributed by atoms with Crippen LogP contribution in [0.2, 0.25) is 0 Å². The summed E-state index contributed by atoms with van der Waals surface area (Å²) >= 11 is 0. The molecule has 1 fully saturated rings. The smallest absolute Gasteiger partial charge is 0.240 e. The molecule has 0 aliphatic carbocycles. The molecule has 1 unspecified atom stereocenters. The molecule has 3 heterocycles. The number of hydrogen-bond donors (Lipinski definition) is 3. The van der Waals surface area contributed by atoms with E-state index in [2.05, 4.69) is 15.1 Å². The lowest BCUT2D eigenvalue weighted by Crippen LogP contribution is -2.36. The first-order valence-corrected chi connectivity index (χ1v) is 11.4. The maximum absolute atomic E-state index is 11.8. The molecule has 0 spiro atoms. The molecule has 0 amide bonds. The second-order valence-electron chi connectivity index (χ2n) is 8.64. The topological polar surface area (TPSA) is 143 Å². The molecular formula is C25H28N6O4. The van der Waals surface area contributed by atoms with Gasteiger partial charge in [0.2, 0.25) is 11.7 Å². The standard InChI is InChI=1S/C25H28N6O4/c1-16-21(34-14-18-10-6-3-7-11-18)19(15-33-13-17-8-4-2-5-9-17)35-25(16,32)20-12-28-23-22(26)29-24(27)30-31(20)23/h2-12,16,19,21,32H,13-15H2,1H3,(H4,26,27,29,30)/t16-,19+,21-,25?/m0/s1. The summed E-state index contributed by atoms with van der Waals surface area (Å²) in [6.45, 7) is 2.85. The Morgan fingerprint density at radius 1 is 1.03 bits per heavy atom. The van der Waals surface area contributed by atoms with Crippen molar-refractivity contribution in [3.8, 4) is 0 Å². The first-order chi connectivity index (χ1) is 17.0. The van der Waals surface area contributed by atoms with Crippen molar-refractivity contribution in [2.45, 2.75) is 38.1 Å². The van der Waals surface area contributed by atoms with Crippen LogP contribution in [0.25, 0.3) is 5.65 Å². The van der Waals surface area contributed by atoms with Crippen molar-refractivity contribution >= 4 is 17.4 Å². The highest BCUT2D eigenvalue weighted by atomic mass is 16.7. The van der Waals surface area contributed by atoms with Crippen LogP contribution < -0.4 is 11.5 Å². The molecule has 1 saturated heterocycles. The van der Waals surface area contributed by atoms with Crippen LogP contribution in [0.1, 0.15) is 23.7 Å². The van der Waals surface area contributed by atoms with E-state index in [9.17, 15) is 5.11 Å². The van der Waals surface area contributed by atoms with E-state index >= 15 is 0 Å². The van der Waals surface area contributed by atoms with E-state index in [1.54, 1.807) is 0 Å². The third-order valence-electron chi connectivity index (χ3n) is 6.26. The zero-order chi connectivity index (χ0) is 24.4. The Bertz CT molecular complexity index is 1290. The van der Waals surface area contributed by atoms with E-state index in [4.69, 9.17) is 25.7 Å². The monoisotopic (exact) mass is 476 g/mol. The van der Waals surface area contributed by atoms with Crippen molar-refractivity contribution in [1.82, 2.24) is 19.6 Å². The molecule has 0 radical (unpaired) electrons. The number of nitrogen functional groups attached to an aromatic ring is 2. The van der Waals surface area contributed by atoms with Gasteiger partial charge in [0, 0.05) is 5.92 Å². The van der Waals surface area contributed by atoms with Crippen LogP contribution in [0.4, 0.5) is 11.8 Å². The molecule has 0 saturated carbocycles. The lowest BCUT2D eigenvalue weighted by Gasteiger charge is -2.27. The molecule has 35 heavy (non-hydrogen) atoms. The first-order valence-electron chi connectivity index (χ1n) is 11.4. The van der Waals surface area contributed by atoms with Crippen LogP contribution in [0, 0.1) is 5.92 Å². The normalized spacial score (nSPS) is 24.2. The Hall–Kier alpha value is -3.57. The van der Waals surface area contributed by atoms with Gasteiger partial charge in [-0.3, -0.25) is 0 Å². The average molecular weight is 477 g/mol. The minimum Gasteiger partial charge on any atom is -0.380 e. The SMILES string of the molecule is C[C@H]1[C@H](OCc2ccccc2)[C@@H](COCc2ccccc2)OC1(O)c1cnc2c(N)nc(N)nn12. The van der Waals surface area contributed by atoms with Gasteiger partial charge in [-0.2, -0.15) is 4.98 Å². The van der Waals surface area contributed by atoms with Crippen molar-refractivity contribution < 1.29 is 19.3 Å². The Morgan fingerprint density at radius 3 is 2.37 bits per heavy atom. The summed E-state index contributed by atoms with van der Waals surface area (Å²) in [5.74, 6) is -2.19. The number of anilines is 2. The first kappa shape index (κ1) is 23.2. The zero-order valence-electron chi connectivity index (χ0n) is 19.3. The van der Waals surface area contributed by atoms with Gasteiger partial charge in [-0.1, -0.05) is 67.6 Å². The summed E-state index contributed by atoms with van der Waals surface area (Å²) in [7, 11) is 0. The van der Waals surface area contributed by atoms with Crippen molar-refractivity contribution in [2.24, 2.45) is 5.92 Å². The third-order valence-corrected chi connectivity index (χ3v) is 6.26. The molecule has 4 atom stereocenters. The maximum Gasteiger partial charge on any atom is 0.240 e. The highest BCUT2D eigenvalue weighted by molar-refractivity contribution is 5.61. The summed E-state index contributed by atoms with van der Waals surface area (Å²) in [4.78, 5) is 8.21. The molecule has 1 aliphatic rings. The van der Waals surface area contributed by atoms with Gasteiger partial charge in [0.05, 0.1) is 32.1 Å². The van der Waals surface area contributed by atoms with Crippen LogP contribution in [0.15, 0.2) is 66.9 Å². The van der Waals surface area contributed by atoms with E-state index in [0.717, 1.165) is 11.1 Å². The largest absolute Gasteiger partial charge is 0.380 e. The molecule has 10 heteroatoms. The van der Waals surface area contributed by atoms with Crippen molar-refractivity contribution in [3.63, 3.8) is 0 Å². The van der Waals surface area contributed by atoms with Crippen molar-refractivity contribution in [1.29, 1.82) is 0 Å². The van der Waals surface area contributed by atoms with Gasteiger partial charge >= 0.3 is 0 Å². The van der Waals surface area contributed by atoms with E-state index in [1.807, 2.05) is 67.6 Å². The molecular weight excluding hydrogens is 448 g/mol. The quantitative estimate of drug-likeness (QED) is 0.349. The minimum atomic E-state index is -1.77. The second-order valence-corrected chi connectivity index (χ2v) is 8.64. The lowest BCUT2D eigenvalue weighted by molar-refractivity contribution is -0.228. The predicted molar refractivity (Wildman–Crippen MR) is 129 cm³/mol. The number of imidazole rings is 1. The van der Waals surface area contributed by atoms with Gasteiger partial charge < -0.3 is 30.8 Å². The number of nitrogens with two attached hydrogens (primary N) is 2. The lowest BCUT2D eigenvalue weighted by atomic mass is 9.93. The Balaban J connectivity index is 1.41. The molecule has 10 nitrogen and oxygen atoms in total. The van der Waals surface area contributed by atoms with Crippen LogP contribution in [-0.2, 0) is 33.2 Å². The van der Waals surface area contributed by atoms with Gasteiger partial charge in [0.1, 0.15) is 11.8 Å². The highest BCUT2D eigenvalue weighted by Gasteiger charge is 2.55. The van der Waals surface area contributed by atoms with Crippen LogP contribution in [0.3, 0.4) is 0 Å². The molecule has 4 aromatic rings. The molecule has 2 aromatic heterocycles. The minimum absolute atomic E-state index is 0.0388. The number of benzene rings is 2. The highest BCUT2D eigenvalue weighted by Crippen LogP contribution is 2.44. The number of fused-ring (bicyclic) bond motifs is 1. The van der Waals surface area contributed by atoms with Gasteiger partial charge in [0.15, 0.2) is 11.5 Å². The van der Waals surface area contributed by atoms with Gasteiger partial charge in [0.25, 0.3) is 0 Å². The Morgan fingerprint density at radius 2 is 1.69 bits per heavy atom. The van der Waals surface area contributed by atoms with E-state index in [-0.39, 0.29) is 24.0 Å². The fourth-order valence-electron chi connectivity index (χ4n) is 4.42. The number of rotatable bonds is 8.